The Morgan fingerprint density at radius 1 is 1.32 bits per heavy atom. The van der Waals surface area contributed by atoms with E-state index in [2.05, 4.69) is 10.6 Å². The van der Waals surface area contributed by atoms with E-state index >= 15 is 0 Å². The van der Waals surface area contributed by atoms with Crippen molar-refractivity contribution in [2.45, 2.75) is 12.5 Å². The van der Waals surface area contributed by atoms with Crippen LogP contribution in [0.25, 0.3) is 0 Å². The molecule has 0 radical (unpaired) electrons. The van der Waals surface area contributed by atoms with Crippen molar-refractivity contribution in [3.05, 3.63) is 24.3 Å². The van der Waals surface area contributed by atoms with E-state index in [1.54, 1.807) is 12.1 Å². The molecule has 1 unspecified atom stereocenters. The van der Waals surface area contributed by atoms with Crippen molar-refractivity contribution in [3.8, 4) is 5.75 Å². The minimum atomic E-state index is -1.17. The zero-order valence-corrected chi connectivity index (χ0v) is 10.2. The van der Waals surface area contributed by atoms with Crippen LogP contribution in [0.2, 0.25) is 0 Å². The molecule has 1 amide bonds. The second-order valence-electron chi connectivity index (χ2n) is 3.87. The van der Waals surface area contributed by atoms with Crippen molar-refractivity contribution in [2.24, 2.45) is 0 Å². The van der Waals surface area contributed by atoms with Crippen molar-refractivity contribution in [2.75, 3.05) is 18.5 Å². The molecule has 104 valence electrons. The molecule has 1 aromatic carbocycles. The Bertz CT molecular complexity index is 450. The van der Waals surface area contributed by atoms with E-state index in [-0.39, 0.29) is 25.3 Å². The number of aliphatic carboxylic acids is 1. The van der Waals surface area contributed by atoms with Crippen molar-refractivity contribution in [3.63, 3.8) is 0 Å². The second kappa shape index (κ2) is 7.34. The number of benzene rings is 1. The molecule has 1 atom stereocenters. The Morgan fingerprint density at radius 2 is 2.05 bits per heavy atom. The van der Waals surface area contributed by atoms with Crippen molar-refractivity contribution in [1.82, 2.24) is 5.32 Å². The number of rotatable bonds is 7. The van der Waals surface area contributed by atoms with Crippen molar-refractivity contribution in [1.29, 1.82) is 0 Å². The van der Waals surface area contributed by atoms with Crippen LogP contribution in [-0.2, 0) is 9.59 Å². The van der Waals surface area contributed by atoms with Gasteiger partial charge in [0.1, 0.15) is 11.8 Å². The monoisotopic (exact) mass is 268 g/mol. The van der Waals surface area contributed by atoms with Gasteiger partial charge in [-0.15, -0.1) is 0 Å². The number of hydrogen-bond donors (Lipinski definition) is 5. The van der Waals surface area contributed by atoms with Crippen LogP contribution in [0.5, 0.6) is 5.75 Å². The van der Waals surface area contributed by atoms with Gasteiger partial charge in [-0.25, -0.2) is 0 Å². The third-order valence-corrected chi connectivity index (χ3v) is 2.32. The first-order chi connectivity index (χ1) is 9.02. The van der Waals surface area contributed by atoms with E-state index in [0.29, 0.717) is 5.69 Å². The summed E-state index contributed by atoms with van der Waals surface area (Å²) in [6, 6.07) is 4.88. The predicted octanol–water partition coefficient (Wildman–Crippen LogP) is -0.244. The fourth-order valence-electron chi connectivity index (χ4n) is 1.47. The zero-order valence-electron chi connectivity index (χ0n) is 10.2. The minimum absolute atomic E-state index is 0.00555. The van der Waals surface area contributed by atoms with E-state index in [1.807, 2.05) is 0 Å². The third-order valence-electron chi connectivity index (χ3n) is 2.32. The summed E-state index contributed by atoms with van der Waals surface area (Å²) in [4.78, 5) is 22.5. The number of carboxylic acid groups (broad SMARTS) is 1. The molecule has 0 bridgehead atoms. The van der Waals surface area contributed by atoms with Gasteiger partial charge >= 0.3 is 5.97 Å². The van der Waals surface area contributed by atoms with Crippen LogP contribution in [0.1, 0.15) is 6.42 Å². The molecular weight excluding hydrogens is 252 g/mol. The standard InChI is InChI=1S/C12H16N2O5/c15-5-4-13-10(12(18)19)7-11(17)14-8-2-1-3-9(16)6-8/h1-3,6,10,13,15-16H,4-5,7H2,(H,14,17)(H,18,19). The summed E-state index contributed by atoms with van der Waals surface area (Å²) in [6.07, 6.45) is -0.273. The minimum Gasteiger partial charge on any atom is -0.508 e. The highest BCUT2D eigenvalue weighted by molar-refractivity contribution is 5.94. The summed E-state index contributed by atoms with van der Waals surface area (Å²) in [6.45, 7) is -0.117. The molecule has 0 aliphatic heterocycles. The number of aliphatic hydroxyl groups is 1. The van der Waals surface area contributed by atoms with Gasteiger partial charge in [0.25, 0.3) is 0 Å². The molecule has 0 aliphatic carbocycles. The molecule has 19 heavy (non-hydrogen) atoms. The van der Waals surface area contributed by atoms with Gasteiger partial charge in [-0.2, -0.15) is 0 Å². The lowest BCUT2D eigenvalue weighted by molar-refractivity contribution is -0.141. The van der Waals surface area contributed by atoms with Gasteiger partial charge < -0.3 is 26.0 Å². The lowest BCUT2D eigenvalue weighted by Crippen LogP contribution is -2.41. The summed E-state index contributed by atoms with van der Waals surface area (Å²) in [7, 11) is 0. The molecular formula is C12H16N2O5. The number of amides is 1. The summed E-state index contributed by atoms with van der Waals surface area (Å²) < 4.78 is 0. The van der Waals surface area contributed by atoms with Crippen LogP contribution in [0.3, 0.4) is 0 Å². The smallest absolute Gasteiger partial charge is 0.321 e. The first kappa shape index (κ1) is 14.9. The fraction of sp³-hybridized carbons (Fsp3) is 0.333. The molecule has 5 N–H and O–H groups in total. The van der Waals surface area contributed by atoms with Gasteiger partial charge in [-0.05, 0) is 12.1 Å². The lowest BCUT2D eigenvalue weighted by Gasteiger charge is -2.13. The van der Waals surface area contributed by atoms with Gasteiger partial charge in [0.2, 0.25) is 5.91 Å². The van der Waals surface area contributed by atoms with Crippen LogP contribution in [-0.4, -0.2) is 46.4 Å². The SMILES string of the molecule is O=C(CC(NCCO)C(=O)O)Nc1cccc(O)c1. The molecule has 0 saturated carbocycles. The molecule has 0 aromatic heterocycles. The van der Waals surface area contributed by atoms with E-state index in [9.17, 15) is 14.7 Å². The van der Waals surface area contributed by atoms with Crippen LogP contribution in [0.4, 0.5) is 5.69 Å². The van der Waals surface area contributed by atoms with E-state index in [4.69, 9.17) is 10.2 Å². The van der Waals surface area contributed by atoms with Gasteiger partial charge in [-0.1, -0.05) is 6.07 Å². The Hall–Kier alpha value is -2.12. The Balaban J connectivity index is 2.55. The number of phenolic OH excluding ortho intramolecular Hbond substituents is 1. The van der Waals surface area contributed by atoms with Crippen LogP contribution in [0.15, 0.2) is 24.3 Å². The molecule has 0 fully saturated rings. The number of carbonyl (C=O) groups excluding carboxylic acids is 1. The van der Waals surface area contributed by atoms with Crippen LogP contribution in [0, 0.1) is 0 Å². The van der Waals surface area contributed by atoms with E-state index in [1.165, 1.54) is 12.1 Å². The topological polar surface area (TPSA) is 119 Å². The number of hydrogen-bond acceptors (Lipinski definition) is 5. The first-order valence-corrected chi connectivity index (χ1v) is 5.69. The highest BCUT2D eigenvalue weighted by Gasteiger charge is 2.20. The molecule has 7 nitrogen and oxygen atoms in total. The number of aromatic hydroxyl groups is 1. The van der Waals surface area contributed by atoms with Gasteiger partial charge in [0.15, 0.2) is 0 Å². The normalized spacial score (nSPS) is 11.8. The predicted molar refractivity (Wildman–Crippen MR) is 67.9 cm³/mol. The zero-order chi connectivity index (χ0) is 14.3. The average Bonchev–Trinajstić information content (AvgIpc) is 2.34. The maximum Gasteiger partial charge on any atom is 0.321 e. The molecule has 0 saturated heterocycles. The highest BCUT2D eigenvalue weighted by atomic mass is 16.4. The maximum atomic E-state index is 11.6. The Labute approximate surface area is 109 Å². The Kier molecular flexibility index (Phi) is 5.77. The molecule has 1 rings (SSSR count). The first-order valence-electron chi connectivity index (χ1n) is 5.69. The quantitative estimate of drug-likeness (QED) is 0.465. The number of aliphatic hydroxyl groups excluding tert-OH is 1. The number of nitrogens with one attached hydrogen (secondary N) is 2. The number of phenols is 1. The third kappa shape index (κ3) is 5.36. The van der Waals surface area contributed by atoms with Gasteiger partial charge in [-0.3, -0.25) is 9.59 Å². The fourth-order valence-corrected chi connectivity index (χ4v) is 1.47. The summed E-state index contributed by atoms with van der Waals surface area (Å²) >= 11 is 0. The maximum absolute atomic E-state index is 11.6. The number of anilines is 1. The largest absolute Gasteiger partial charge is 0.508 e. The van der Waals surface area contributed by atoms with Gasteiger partial charge in [0, 0.05) is 18.3 Å². The van der Waals surface area contributed by atoms with E-state index in [0.717, 1.165) is 0 Å². The van der Waals surface area contributed by atoms with Crippen molar-refractivity contribution >= 4 is 17.6 Å². The highest BCUT2D eigenvalue weighted by Crippen LogP contribution is 2.15. The summed E-state index contributed by atoms with van der Waals surface area (Å²) in [5, 5.41) is 31.8. The van der Waals surface area contributed by atoms with Crippen LogP contribution < -0.4 is 10.6 Å². The van der Waals surface area contributed by atoms with E-state index < -0.39 is 17.9 Å². The van der Waals surface area contributed by atoms with Crippen molar-refractivity contribution < 1.29 is 24.9 Å². The number of carboxylic acids is 1. The lowest BCUT2D eigenvalue weighted by atomic mass is 10.2. The molecule has 0 aliphatic rings. The molecule has 7 heteroatoms. The Morgan fingerprint density at radius 3 is 2.63 bits per heavy atom. The molecule has 0 heterocycles. The molecule has 0 spiro atoms. The number of carbonyl (C=O) groups is 2. The average molecular weight is 268 g/mol. The molecule has 1 aromatic rings. The van der Waals surface area contributed by atoms with Gasteiger partial charge in [0.05, 0.1) is 13.0 Å². The summed E-state index contributed by atoms with van der Waals surface area (Å²) in [5.41, 5.74) is 0.385. The summed E-state index contributed by atoms with van der Waals surface area (Å²) in [5.74, 6) is -1.66. The van der Waals surface area contributed by atoms with Crippen LogP contribution >= 0.6 is 0 Å². The second-order valence-corrected chi connectivity index (χ2v) is 3.87.